The zero-order chi connectivity index (χ0) is 13.9. The second-order valence-electron chi connectivity index (χ2n) is 4.33. The minimum absolute atomic E-state index is 0.0351. The number of aromatic nitrogens is 1. The second kappa shape index (κ2) is 5.95. The van der Waals surface area contributed by atoms with Crippen LogP contribution in [0.5, 0.6) is 0 Å². The van der Waals surface area contributed by atoms with Crippen molar-refractivity contribution in [3.05, 3.63) is 16.6 Å². The van der Waals surface area contributed by atoms with E-state index in [9.17, 15) is 13.2 Å². The summed E-state index contributed by atoms with van der Waals surface area (Å²) in [5.74, 6) is -1.56. The van der Waals surface area contributed by atoms with Gasteiger partial charge in [0.05, 0.1) is 11.4 Å². The molecular weight excluding hydrogens is 290 g/mol. The first-order chi connectivity index (χ1) is 8.99. The van der Waals surface area contributed by atoms with Crippen LogP contribution in [0.1, 0.15) is 17.7 Å². The lowest BCUT2D eigenvalue weighted by Gasteiger charge is -2.29. The lowest BCUT2D eigenvalue weighted by atomic mass is 10.0. The van der Waals surface area contributed by atoms with Crippen LogP contribution in [0.4, 0.5) is 0 Å². The van der Waals surface area contributed by atoms with Crippen molar-refractivity contribution in [1.29, 1.82) is 0 Å². The van der Waals surface area contributed by atoms with Gasteiger partial charge in [-0.2, -0.15) is 17.4 Å². The van der Waals surface area contributed by atoms with Gasteiger partial charge in [-0.15, -0.1) is 11.3 Å². The Bertz CT molecular complexity index is 529. The van der Waals surface area contributed by atoms with E-state index in [1.165, 1.54) is 15.6 Å². The molecule has 1 fully saturated rings. The summed E-state index contributed by atoms with van der Waals surface area (Å²) in [6.07, 6.45) is 2.69. The molecule has 9 heteroatoms. The van der Waals surface area contributed by atoms with Crippen molar-refractivity contribution >= 4 is 27.5 Å². The Morgan fingerprint density at radius 1 is 1.63 bits per heavy atom. The highest BCUT2D eigenvalue weighted by atomic mass is 32.2. The minimum atomic E-state index is -3.63. The summed E-state index contributed by atoms with van der Waals surface area (Å²) in [7, 11) is -3.63. The van der Waals surface area contributed by atoms with Crippen molar-refractivity contribution in [3.8, 4) is 0 Å². The molecule has 0 aromatic carbocycles. The Labute approximate surface area is 115 Å². The van der Waals surface area contributed by atoms with Crippen molar-refractivity contribution in [1.82, 2.24) is 14.0 Å². The maximum atomic E-state index is 12.1. The van der Waals surface area contributed by atoms with Crippen molar-refractivity contribution in [3.63, 3.8) is 0 Å². The highest BCUT2D eigenvalue weighted by Gasteiger charge is 2.31. The highest BCUT2D eigenvalue weighted by Crippen LogP contribution is 2.19. The van der Waals surface area contributed by atoms with Crippen molar-refractivity contribution in [2.75, 3.05) is 13.1 Å². The van der Waals surface area contributed by atoms with Crippen LogP contribution < -0.4 is 4.72 Å². The van der Waals surface area contributed by atoms with E-state index in [4.69, 9.17) is 5.11 Å². The number of piperidine rings is 1. The standard InChI is InChI=1S/C10H15N3O4S2/c14-10(15)8-2-1-3-13(6-8)19(16,17)12-5-9-4-11-7-18-9/h4,7-8,12H,1-3,5-6H2,(H,14,15). The SMILES string of the molecule is O=C(O)C1CCCN(S(=O)(=O)NCc2cncs2)C1. The number of carboxylic acids is 1. The molecule has 1 aliphatic heterocycles. The number of hydrogen-bond acceptors (Lipinski definition) is 5. The third-order valence-corrected chi connectivity index (χ3v) is 5.29. The number of nitrogens with zero attached hydrogens (tertiary/aromatic N) is 2. The van der Waals surface area contributed by atoms with E-state index in [2.05, 4.69) is 9.71 Å². The van der Waals surface area contributed by atoms with Crippen LogP contribution in [0.2, 0.25) is 0 Å². The summed E-state index contributed by atoms with van der Waals surface area (Å²) in [5.41, 5.74) is 1.63. The predicted molar refractivity (Wildman–Crippen MR) is 69.8 cm³/mol. The predicted octanol–water partition coefficient (Wildman–Crippen LogP) is 0.274. The molecule has 1 saturated heterocycles. The van der Waals surface area contributed by atoms with Crippen LogP contribution in [-0.4, -0.2) is 41.9 Å². The van der Waals surface area contributed by atoms with E-state index >= 15 is 0 Å². The Morgan fingerprint density at radius 3 is 3.05 bits per heavy atom. The summed E-state index contributed by atoms with van der Waals surface area (Å²) >= 11 is 1.37. The first kappa shape index (κ1) is 14.4. The van der Waals surface area contributed by atoms with E-state index in [0.29, 0.717) is 19.4 Å². The lowest BCUT2D eigenvalue weighted by molar-refractivity contribution is -0.142. The number of carboxylic acid groups (broad SMARTS) is 1. The maximum Gasteiger partial charge on any atom is 0.307 e. The summed E-state index contributed by atoms with van der Waals surface area (Å²) in [5, 5.41) is 8.95. The quantitative estimate of drug-likeness (QED) is 0.813. The molecule has 2 N–H and O–H groups in total. The van der Waals surface area contributed by atoms with E-state index in [1.54, 1.807) is 11.7 Å². The molecule has 0 bridgehead atoms. The summed E-state index contributed by atoms with van der Waals surface area (Å²) in [6, 6.07) is 0. The number of thiazole rings is 1. The van der Waals surface area contributed by atoms with Gasteiger partial charge in [0.2, 0.25) is 0 Å². The number of aliphatic carboxylic acids is 1. The fraction of sp³-hybridized carbons (Fsp3) is 0.600. The summed E-state index contributed by atoms with van der Waals surface area (Å²) < 4.78 is 27.8. The van der Waals surface area contributed by atoms with Gasteiger partial charge in [0.15, 0.2) is 0 Å². The maximum absolute atomic E-state index is 12.1. The molecule has 0 amide bonds. The first-order valence-electron chi connectivity index (χ1n) is 5.84. The van der Waals surface area contributed by atoms with Gasteiger partial charge < -0.3 is 5.11 Å². The lowest BCUT2D eigenvalue weighted by Crippen LogP contribution is -2.47. The zero-order valence-corrected chi connectivity index (χ0v) is 11.8. The van der Waals surface area contributed by atoms with Gasteiger partial charge in [-0.25, -0.2) is 0 Å². The van der Waals surface area contributed by atoms with Crippen molar-refractivity contribution in [2.24, 2.45) is 5.92 Å². The Morgan fingerprint density at radius 2 is 2.42 bits per heavy atom. The van der Waals surface area contributed by atoms with Gasteiger partial charge in [-0.05, 0) is 12.8 Å². The van der Waals surface area contributed by atoms with Crippen LogP contribution in [0, 0.1) is 5.92 Å². The minimum Gasteiger partial charge on any atom is -0.481 e. The molecule has 7 nitrogen and oxygen atoms in total. The molecule has 2 rings (SSSR count). The highest BCUT2D eigenvalue weighted by molar-refractivity contribution is 7.87. The Balaban J connectivity index is 1.96. The Hall–Kier alpha value is -1.03. The molecule has 1 aliphatic rings. The fourth-order valence-corrected chi connectivity index (χ4v) is 3.84. The van der Waals surface area contributed by atoms with Crippen LogP contribution >= 0.6 is 11.3 Å². The van der Waals surface area contributed by atoms with Crippen molar-refractivity contribution < 1.29 is 18.3 Å². The van der Waals surface area contributed by atoms with Crippen LogP contribution in [0.25, 0.3) is 0 Å². The molecule has 0 aliphatic carbocycles. The first-order valence-corrected chi connectivity index (χ1v) is 8.16. The average Bonchev–Trinajstić information content (AvgIpc) is 2.90. The average molecular weight is 305 g/mol. The van der Waals surface area contributed by atoms with Crippen molar-refractivity contribution in [2.45, 2.75) is 19.4 Å². The number of hydrogen-bond donors (Lipinski definition) is 2. The zero-order valence-electron chi connectivity index (χ0n) is 10.2. The van der Waals surface area contributed by atoms with Crippen LogP contribution in [-0.2, 0) is 21.5 Å². The third-order valence-electron chi connectivity index (χ3n) is 2.99. The number of rotatable bonds is 5. The van der Waals surface area contributed by atoms with E-state index in [0.717, 1.165) is 4.88 Å². The van der Waals surface area contributed by atoms with Gasteiger partial charge in [-0.1, -0.05) is 0 Å². The van der Waals surface area contributed by atoms with Crippen LogP contribution in [0.3, 0.4) is 0 Å². The Kier molecular flexibility index (Phi) is 4.50. The third kappa shape index (κ3) is 3.72. The topological polar surface area (TPSA) is 99.6 Å². The molecule has 0 saturated carbocycles. The van der Waals surface area contributed by atoms with E-state index in [-0.39, 0.29) is 13.1 Å². The second-order valence-corrected chi connectivity index (χ2v) is 7.06. The van der Waals surface area contributed by atoms with E-state index < -0.39 is 22.1 Å². The molecular formula is C10H15N3O4S2. The molecule has 0 spiro atoms. The molecule has 1 aromatic heterocycles. The van der Waals surface area contributed by atoms with Gasteiger partial charge in [-0.3, -0.25) is 9.78 Å². The molecule has 0 radical (unpaired) electrons. The monoisotopic (exact) mass is 305 g/mol. The summed E-state index contributed by atoms with van der Waals surface area (Å²) in [6.45, 7) is 0.580. The molecule has 1 atom stereocenters. The molecule has 1 unspecified atom stereocenters. The summed E-state index contributed by atoms with van der Waals surface area (Å²) in [4.78, 5) is 15.6. The number of carbonyl (C=O) groups is 1. The van der Waals surface area contributed by atoms with Gasteiger partial charge in [0.25, 0.3) is 10.2 Å². The van der Waals surface area contributed by atoms with Gasteiger partial charge >= 0.3 is 5.97 Å². The van der Waals surface area contributed by atoms with Gasteiger partial charge in [0, 0.05) is 30.7 Å². The normalized spacial score (nSPS) is 21.4. The van der Waals surface area contributed by atoms with Crippen LogP contribution in [0.15, 0.2) is 11.7 Å². The molecule has 106 valence electrons. The molecule has 1 aromatic rings. The number of nitrogens with one attached hydrogen (secondary N) is 1. The van der Waals surface area contributed by atoms with E-state index in [1.807, 2.05) is 0 Å². The molecule has 2 heterocycles. The van der Waals surface area contributed by atoms with Gasteiger partial charge in [0.1, 0.15) is 0 Å². The smallest absolute Gasteiger partial charge is 0.307 e. The fourth-order valence-electron chi connectivity index (χ4n) is 1.95. The largest absolute Gasteiger partial charge is 0.481 e. The molecule has 19 heavy (non-hydrogen) atoms.